The highest BCUT2D eigenvalue weighted by molar-refractivity contribution is 5.95. The number of primary amides is 1. The molecule has 290 valence electrons. The van der Waals surface area contributed by atoms with Crippen LogP contribution in [0.1, 0.15) is 71.6 Å². The smallest absolute Gasteiger partial charge is 0.326 e. The first-order valence-electron chi connectivity index (χ1n) is 16.5. The molecule has 0 saturated carbocycles. The Hall–Kier alpha value is -5.41. The molecule has 0 aliphatic heterocycles. The van der Waals surface area contributed by atoms with Gasteiger partial charge in [0.1, 0.15) is 24.2 Å². The average molecular weight is 728 g/mol. The number of hydrogen-bond acceptors (Lipinski definition) is 10. The van der Waals surface area contributed by atoms with Crippen molar-refractivity contribution < 1.29 is 33.9 Å². The van der Waals surface area contributed by atoms with E-state index in [0.717, 1.165) is 0 Å². The molecule has 0 aliphatic carbocycles. The summed E-state index contributed by atoms with van der Waals surface area (Å²) in [4.78, 5) is 88.4. The number of carbonyl (C=O) groups excluding carboxylic acids is 5. The van der Waals surface area contributed by atoms with Crippen LogP contribution in [0.15, 0.2) is 15.0 Å². The minimum Gasteiger partial charge on any atom is -0.480 e. The summed E-state index contributed by atoms with van der Waals surface area (Å²) >= 11 is 0. The number of hydrogen-bond donors (Lipinski definition) is 13. The molecule has 0 bridgehead atoms. The van der Waals surface area contributed by atoms with Gasteiger partial charge in [-0.2, -0.15) is 0 Å². The van der Waals surface area contributed by atoms with Gasteiger partial charge in [0.15, 0.2) is 17.9 Å². The van der Waals surface area contributed by atoms with Gasteiger partial charge in [0.25, 0.3) is 0 Å². The number of carboxylic acid groups (broad SMARTS) is 1. The zero-order valence-electron chi connectivity index (χ0n) is 29.3. The Morgan fingerprint density at radius 1 is 0.588 bits per heavy atom. The molecule has 0 rings (SSSR count). The van der Waals surface area contributed by atoms with E-state index in [1.807, 2.05) is 0 Å². The Morgan fingerprint density at radius 2 is 1.00 bits per heavy atom. The molecule has 6 atom stereocenters. The molecule has 5 amide bonds. The first-order chi connectivity index (χ1) is 23.9. The van der Waals surface area contributed by atoms with E-state index in [-0.39, 0.29) is 82.5 Å². The van der Waals surface area contributed by atoms with Crippen molar-refractivity contribution in [1.29, 1.82) is 0 Å². The van der Waals surface area contributed by atoms with Crippen LogP contribution < -0.4 is 67.1 Å². The summed E-state index contributed by atoms with van der Waals surface area (Å²) < 4.78 is 0. The van der Waals surface area contributed by atoms with Gasteiger partial charge in [0.05, 0.1) is 6.04 Å². The molecule has 0 radical (unpaired) electrons. The van der Waals surface area contributed by atoms with Gasteiger partial charge in [-0.3, -0.25) is 38.9 Å². The molecule has 21 N–H and O–H groups in total. The second kappa shape index (κ2) is 24.7. The highest BCUT2D eigenvalue weighted by Crippen LogP contribution is 2.11. The Balaban J connectivity index is 6.10. The molecule has 0 heterocycles. The summed E-state index contributed by atoms with van der Waals surface area (Å²) in [7, 11) is 0. The van der Waals surface area contributed by atoms with Crippen LogP contribution in [0.25, 0.3) is 0 Å². The zero-order chi connectivity index (χ0) is 39.1. The fourth-order valence-electron chi connectivity index (χ4n) is 4.51. The predicted octanol–water partition coefficient (Wildman–Crippen LogP) is -5.19. The summed E-state index contributed by atoms with van der Waals surface area (Å²) in [5, 5.41) is 19.8. The monoisotopic (exact) mass is 727 g/mol. The minimum absolute atomic E-state index is 0.0213. The Bertz CT molecular complexity index is 1250. The van der Waals surface area contributed by atoms with Gasteiger partial charge in [-0.25, -0.2) is 4.79 Å². The van der Waals surface area contributed by atoms with E-state index >= 15 is 0 Å². The van der Waals surface area contributed by atoms with Gasteiger partial charge in [-0.1, -0.05) is 20.3 Å². The predicted molar refractivity (Wildman–Crippen MR) is 191 cm³/mol. The first-order valence-corrected chi connectivity index (χ1v) is 16.5. The van der Waals surface area contributed by atoms with Crippen LogP contribution in [0.2, 0.25) is 0 Å². The third-order valence-electron chi connectivity index (χ3n) is 7.55. The van der Waals surface area contributed by atoms with Crippen molar-refractivity contribution in [2.24, 2.45) is 66.8 Å². The van der Waals surface area contributed by atoms with Gasteiger partial charge < -0.3 is 72.2 Å². The molecular weight excluding hydrogens is 670 g/mol. The molecule has 51 heavy (non-hydrogen) atoms. The number of aliphatic imine (C=N–C) groups is 3. The lowest BCUT2D eigenvalue weighted by Crippen LogP contribution is -2.59. The molecule has 0 unspecified atom stereocenters. The Labute approximate surface area is 296 Å². The molecule has 0 fully saturated rings. The maximum atomic E-state index is 13.7. The lowest BCUT2D eigenvalue weighted by atomic mass is 9.96. The normalized spacial score (nSPS) is 14.2. The van der Waals surface area contributed by atoms with E-state index in [4.69, 9.17) is 45.9 Å². The fourth-order valence-corrected chi connectivity index (χ4v) is 4.51. The van der Waals surface area contributed by atoms with Crippen LogP contribution in [-0.4, -0.2) is 108 Å². The molecule has 22 heteroatoms. The molecule has 0 aromatic carbocycles. The minimum atomic E-state index is -1.43. The second-order valence-electron chi connectivity index (χ2n) is 11.9. The largest absolute Gasteiger partial charge is 0.480 e. The van der Waals surface area contributed by atoms with E-state index < -0.39 is 71.6 Å². The fraction of sp³-hybridized carbons (Fsp3) is 0.690. The topological polar surface area (TPSA) is 416 Å². The maximum absolute atomic E-state index is 13.7. The highest BCUT2D eigenvalue weighted by atomic mass is 16.4. The van der Waals surface area contributed by atoms with Crippen LogP contribution in [0.5, 0.6) is 0 Å². The summed E-state index contributed by atoms with van der Waals surface area (Å²) in [5.74, 6) is -6.09. The van der Waals surface area contributed by atoms with E-state index in [2.05, 4.69) is 36.2 Å². The van der Waals surface area contributed by atoms with Gasteiger partial charge >= 0.3 is 5.97 Å². The van der Waals surface area contributed by atoms with E-state index in [1.165, 1.54) is 0 Å². The molecule has 0 aliphatic rings. The number of carboxylic acids is 1. The van der Waals surface area contributed by atoms with Crippen LogP contribution in [-0.2, 0) is 28.8 Å². The van der Waals surface area contributed by atoms with Crippen LogP contribution in [0, 0.1) is 5.92 Å². The lowest BCUT2D eigenvalue weighted by Gasteiger charge is -2.28. The molecule has 0 aromatic heterocycles. The van der Waals surface area contributed by atoms with E-state index in [1.54, 1.807) is 13.8 Å². The van der Waals surface area contributed by atoms with Crippen molar-refractivity contribution in [3.63, 3.8) is 0 Å². The number of rotatable bonds is 26. The van der Waals surface area contributed by atoms with Crippen molar-refractivity contribution in [2.75, 3.05) is 19.6 Å². The van der Waals surface area contributed by atoms with Crippen LogP contribution >= 0.6 is 0 Å². The number of guanidine groups is 3. The zero-order valence-corrected chi connectivity index (χ0v) is 29.3. The Kier molecular flexibility index (Phi) is 22.1. The number of nitrogens with zero attached hydrogens (tertiary/aromatic N) is 3. The van der Waals surface area contributed by atoms with E-state index in [9.17, 15) is 33.9 Å². The summed E-state index contributed by atoms with van der Waals surface area (Å²) in [6.07, 6.45) is 0.797. The average Bonchev–Trinajstić information content (AvgIpc) is 3.04. The number of aliphatic carboxylic acids is 1. The summed E-state index contributed by atoms with van der Waals surface area (Å²) in [6.45, 7) is 3.98. The maximum Gasteiger partial charge on any atom is 0.326 e. The molecular formula is C29H57N15O7. The molecule has 0 saturated heterocycles. The lowest BCUT2D eigenvalue weighted by molar-refractivity contribution is -0.142. The van der Waals surface area contributed by atoms with Gasteiger partial charge in [0.2, 0.25) is 29.5 Å². The molecule has 0 spiro atoms. The van der Waals surface area contributed by atoms with Gasteiger partial charge in [0, 0.05) is 26.1 Å². The molecule has 22 nitrogen and oxygen atoms in total. The third kappa shape index (κ3) is 20.6. The van der Waals surface area contributed by atoms with E-state index in [0.29, 0.717) is 12.8 Å². The third-order valence-corrected chi connectivity index (χ3v) is 7.55. The highest BCUT2D eigenvalue weighted by Gasteiger charge is 2.33. The first kappa shape index (κ1) is 45.6. The molecule has 0 aromatic rings. The standard InChI is InChI=1S/C29H57N15O7/c1-3-15(2)21(44-22(46)16(30)7-4-12-38-27(32)33)25(49)42-17(8-5-13-39-28(34)35)23(47)41-18(10-11-20(31)45)24(48)43-19(26(50)51)9-6-14-40-29(36)37/h15-19,21H,3-14,30H2,1-2H3,(H2,31,45)(H,41,47)(H,42,49)(H,43,48)(H,44,46)(H,50,51)(H4,32,33,38)(H4,34,35,39)(H4,36,37,40)/t15-,16-,17-,18-,19-,21-/m0/s1. The van der Waals surface area contributed by atoms with Crippen molar-refractivity contribution in [1.82, 2.24) is 21.3 Å². The Morgan fingerprint density at radius 3 is 1.43 bits per heavy atom. The summed E-state index contributed by atoms with van der Waals surface area (Å²) in [5.41, 5.74) is 43.3. The van der Waals surface area contributed by atoms with Gasteiger partial charge in [-0.15, -0.1) is 0 Å². The number of carbonyl (C=O) groups is 6. The van der Waals surface area contributed by atoms with Crippen molar-refractivity contribution in [2.45, 2.75) is 102 Å². The van der Waals surface area contributed by atoms with Crippen molar-refractivity contribution >= 4 is 53.4 Å². The SMILES string of the molecule is CC[C@H](C)[C@H](NC(=O)[C@@H](N)CCCN=C(N)N)C(=O)N[C@@H](CCCN=C(N)N)C(=O)N[C@@H](CCC(N)=O)C(=O)N[C@@H](CCCN=C(N)N)C(=O)O. The number of amides is 5. The number of nitrogens with one attached hydrogen (secondary N) is 4. The second-order valence-corrected chi connectivity index (χ2v) is 11.9. The van der Waals surface area contributed by atoms with Crippen molar-refractivity contribution in [3.8, 4) is 0 Å². The van der Waals surface area contributed by atoms with Crippen LogP contribution in [0.3, 0.4) is 0 Å². The quantitative estimate of drug-likeness (QED) is 0.0225. The number of nitrogens with two attached hydrogens (primary N) is 8. The van der Waals surface area contributed by atoms with Crippen molar-refractivity contribution in [3.05, 3.63) is 0 Å². The van der Waals surface area contributed by atoms with Crippen LogP contribution in [0.4, 0.5) is 0 Å². The summed E-state index contributed by atoms with van der Waals surface area (Å²) in [6, 6.07) is -6.19. The van der Waals surface area contributed by atoms with Gasteiger partial charge in [-0.05, 0) is 50.9 Å².